The van der Waals surface area contributed by atoms with Gasteiger partial charge >= 0.3 is 5.97 Å². The number of carbonyl (C=O) groups is 1. The lowest BCUT2D eigenvalue weighted by Gasteiger charge is -2.39. The normalized spacial score (nSPS) is 17.9. The first kappa shape index (κ1) is 26.4. The Balaban J connectivity index is 2.17. The molecule has 0 bridgehead atoms. The fraction of sp³-hybridized carbons (Fsp3) is 0.920. The maximum absolute atomic E-state index is 11.8. The summed E-state index contributed by atoms with van der Waals surface area (Å²) in [4.78, 5) is 16.8. The minimum atomic E-state index is -0.168. The number of hydrogen-bond donors (Lipinski definition) is 0. The predicted octanol–water partition coefficient (Wildman–Crippen LogP) is 6.05. The molecule has 1 fully saturated rings. The van der Waals surface area contributed by atoms with Gasteiger partial charge in [0, 0.05) is 32.2 Å². The minimum absolute atomic E-state index is 0.0607. The predicted molar refractivity (Wildman–Crippen MR) is 124 cm³/mol. The van der Waals surface area contributed by atoms with Crippen molar-refractivity contribution in [2.45, 2.75) is 110 Å². The second-order valence-electron chi connectivity index (χ2n) is 9.27. The van der Waals surface area contributed by atoms with Gasteiger partial charge in [-0.3, -0.25) is 9.69 Å². The van der Waals surface area contributed by atoms with Crippen molar-refractivity contribution in [3.8, 4) is 0 Å². The largest absolute Gasteiger partial charge is 0.462 e. The first-order chi connectivity index (χ1) is 14.1. The third-order valence-electron chi connectivity index (χ3n) is 6.62. The Labute approximate surface area is 181 Å². The minimum Gasteiger partial charge on any atom is -0.462 e. The third kappa shape index (κ3) is 12.6. The molecule has 0 spiro atoms. The van der Waals surface area contributed by atoms with Crippen LogP contribution in [0.3, 0.4) is 0 Å². The summed E-state index contributed by atoms with van der Waals surface area (Å²) >= 11 is 0. The van der Waals surface area contributed by atoms with Crippen molar-refractivity contribution in [2.75, 3.05) is 33.2 Å². The van der Waals surface area contributed by atoms with Gasteiger partial charge in [-0.25, -0.2) is 0 Å². The van der Waals surface area contributed by atoms with Gasteiger partial charge < -0.3 is 9.64 Å². The molecule has 0 aromatic rings. The number of unbranched alkanes of at least 4 members (excludes halogenated alkanes) is 11. The quantitative estimate of drug-likeness (QED) is 0.216. The molecule has 171 valence electrons. The van der Waals surface area contributed by atoms with Crippen molar-refractivity contribution >= 4 is 5.97 Å². The average Bonchev–Trinajstić information content (AvgIpc) is 2.73. The fourth-order valence-electron chi connectivity index (χ4n) is 4.50. The van der Waals surface area contributed by atoms with Crippen LogP contribution >= 0.6 is 0 Å². The SMILES string of the molecule is [CH2]OC(=O)C(C)CC(CCCCCCCCCCCCCC)N1CCN(C)CC1. The van der Waals surface area contributed by atoms with Crippen molar-refractivity contribution in [1.82, 2.24) is 9.80 Å². The molecule has 1 rings (SSSR count). The van der Waals surface area contributed by atoms with Crippen LogP contribution in [-0.2, 0) is 9.53 Å². The van der Waals surface area contributed by atoms with Crippen molar-refractivity contribution < 1.29 is 9.53 Å². The summed E-state index contributed by atoms with van der Waals surface area (Å²) in [6.45, 7) is 8.76. The van der Waals surface area contributed by atoms with E-state index in [1.54, 1.807) is 0 Å². The van der Waals surface area contributed by atoms with E-state index in [0.29, 0.717) is 6.04 Å². The summed E-state index contributed by atoms with van der Waals surface area (Å²) in [5.41, 5.74) is 0. The fourth-order valence-corrected chi connectivity index (χ4v) is 4.50. The second kappa shape index (κ2) is 17.1. The number of rotatable bonds is 17. The van der Waals surface area contributed by atoms with E-state index in [1.165, 1.54) is 83.5 Å². The molecule has 4 nitrogen and oxygen atoms in total. The molecule has 0 N–H and O–H groups in total. The van der Waals surface area contributed by atoms with Gasteiger partial charge in [0.1, 0.15) is 7.11 Å². The Morgan fingerprint density at radius 3 is 1.83 bits per heavy atom. The first-order valence-electron chi connectivity index (χ1n) is 12.5. The zero-order valence-electron chi connectivity index (χ0n) is 19.8. The lowest BCUT2D eigenvalue weighted by molar-refractivity contribution is -0.143. The van der Waals surface area contributed by atoms with Gasteiger partial charge in [0.25, 0.3) is 0 Å². The summed E-state index contributed by atoms with van der Waals surface area (Å²) in [5.74, 6) is -0.228. The number of carbonyl (C=O) groups excluding carboxylic acids is 1. The molecule has 1 aliphatic heterocycles. The Hall–Kier alpha value is -0.610. The number of likely N-dealkylation sites (N-methyl/N-ethyl adjacent to an activating group) is 1. The first-order valence-corrected chi connectivity index (χ1v) is 12.5. The number of esters is 1. The number of hydrogen-bond acceptors (Lipinski definition) is 4. The summed E-state index contributed by atoms with van der Waals surface area (Å²) in [5, 5.41) is 0. The molecular formula is C25H49N2O2. The highest BCUT2D eigenvalue weighted by Crippen LogP contribution is 2.21. The van der Waals surface area contributed by atoms with Crippen LogP contribution in [0.4, 0.5) is 0 Å². The van der Waals surface area contributed by atoms with Gasteiger partial charge in [0.2, 0.25) is 0 Å². The van der Waals surface area contributed by atoms with Crippen LogP contribution in [0.5, 0.6) is 0 Å². The topological polar surface area (TPSA) is 32.8 Å². The van der Waals surface area contributed by atoms with Crippen LogP contribution in [0.2, 0.25) is 0 Å². The smallest absolute Gasteiger partial charge is 0.308 e. The number of piperazine rings is 1. The Bertz CT molecular complexity index is 394. The van der Waals surface area contributed by atoms with E-state index in [4.69, 9.17) is 4.74 Å². The summed E-state index contributed by atoms with van der Waals surface area (Å²) in [6.07, 6.45) is 18.7. The number of nitrogens with zero attached hydrogens (tertiary/aromatic N) is 2. The van der Waals surface area contributed by atoms with E-state index < -0.39 is 0 Å². The molecule has 4 heteroatoms. The third-order valence-corrected chi connectivity index (χ3v) is 6.62. The van der Waals surface area contributed by atoms with E-state index in [2.05, 4.69) is 30.9 Å². The van der Waals surface area contributed by atoms with Gasteiger partial charge in [0.15, 0.2) is 0 Å². The molecule has 0 aromatic carbocycles. The molecule has 0 saturated carbocycles. The molecule has 2 unspecified atom stereocenters. The van der Waals surface area contributed by atoms with E-state index >= 15 is 0 Å². The van der Waals surface area contributed by atoms with Crippen molar-refractivity contribution in [3.05, 3.63) is 7.11 Å². The molecule has 1 aliphatic rings. The van der Waals surface area contributed by atoms with Crippen molar-refractivity contribution in [3.63, 3.8) is 0 Å². The Morgan fingerprint density at radius 1 is 0.862 bits per heavy atom. The van der Waals surface area contributed by atoms with Crippen LogP contribution in [0, 0.1) is 13.0 Å². The van der Waals surface area contributed by atoms with Crippen molar-refractivity contribution in [2.24, 2.45) is 5.92 Å². The van der Waals surface area contributed by atoms with Crippen LogP contribution in [0.15, 0.2) is 0 Å². The van der Waals surface area contributed by atoms with E-state index in [1.807, 2.05) is 6.92 Å². The van der Waals surface area contributed by atoms with E-state index in [0.717, 1.165) is 32.6 Å². The molecule has 1 heterocycles. The summed E-state index contributed by atoms with van der Waals surface area (Å²) in [7, 11) is 5.50. The maximum Gasteiger partial charge on any atom is 0.308 e. The summed E-state index contributed by atoms with van der Waals surface area (Å²) in [6, 6.07) is 0.501. The second-order valence-corrected chi connectivity index (χ2v) is 9.27. The zero-order chi connectivity index (χ0) is 21.3. The highest BCUT2D eigenvalue weighted by Gasteiger charge is 2.26. The van der Waals surface area contributed by atoms with Crippen LogP contribution in [-0.4, -0.2) is 55.0 Å². The van der Waals surface area contributed by atoms with Crippen molar-refractivity contribution in [1.29, 1.82) is 0 Å². The van der Waals surface area contributed by atoms with E-state index in [9.17, 15) is 4.79 Å². The lowest BCUT2D eigenvalue weighted by atomic mass is 9.95. The number of ether oxygens (including phenoxy) is 1. The molecule has 1 radical (unpaired) electrons. The molecule has 29 heavy (non-hydrogen) atoms. The highest BCUT2D eigenvalue weighted by atomic mass is 16.5. The van der Waals surface area contributed by atoms with Gasteiger partial charge in [-0.1, -0.05) is 90.9 Å². The molecule has 0 aliphatic carbocycles. The Morgan fingerprint density at radius 2 is 1.34 bits per heavy atom. The van der Waals surface area contributed by atoms with Crippen LogP contribution < -0.4 is 0 Å². The molecule has 2 atom stereocenters. The van der Waals surface area contributed by atoms with Gasteiger partial charge in [-0.15, -0.1) is 0 Å². The van der Waals surface area contributed by atoms with Gasteiger partial charge in [-0.2, -0.15) is 0 Å². The molecule has 1 saturated heterocycles. The van der Waals surface area contributed by atoms with Crippen LogP contribution in [0.1, 0.15) is 104 Å². The van der Waals surface area contributed by atoms with Crippen LogP contribution in [0.25, 0.3) is 0 Å². The lowest BCUT2D eigenvalue weighted by Crippen LogP contribution is -2.49. The monoisotopic (exact) mass is 409 g/mol. The Kier molecular flexibility index (Phi) is 15.6. The maximum atomic E-state index is 11.8. The highest BCUT2D eigenvalue weighted by molar-refractivity contribution is 5.72. The summed E-state index contributed by atoms with van der Waals surface area (Å²) < 4.78 is 4.72. The molecule has 0 amide bonds. The average molecular weight is 410 g/mol. The molecular weight excluding hydrogens is 360 g/mol. The van der Waals surface area contributed by atoms with Gasteiger partial charge in [0.05, 0.1) is 5.92 Å². The van der Waals surface area contributed by atoms with Gasteiger partial charge in [-0.05, 0) is 19.9 Å². The standard InChI is InChI=1S/C25H49N2O2/c1-5-6-7-8-9-10-11-12-13-14-15-16-17-24(22-23(2)25(28)29-4)27-20-18-26(3)19-21-27/h23-24H,4-22H2,1-3H3. The zero-order valence-corrected chi connectivity index (χ0v) is 19.8. The molecule has 0 aromatic heterocycles. The van der Waals surface area contributed by atoms with E-state index in [-0.39, 0.29) is 11.9 Å².